The second kappa shape index (κ2) is 12.3. The van der Waals surface area contributed by atoms with E-state index in [1.807, 2.05) is 32.3 Å². The average molecular weight is 516 g/mol. The highest BCUT2D eigenvalue weighted by Crippen LogP contribution is 2.26. The van der Waals surface area contributed by atoms with E-state index >= 15 is 0 Å². The van der Waals surface area contributed by atoms with Gasteiger partial charge >= 0.3 is 0 Å². The first-order valence-electron chi connectivity index (χ1n) is 9.26. The molecule has 0 unspecified atom stereocenters. The van der Waals surface area contributed by atoms with Crippen molar-refractivity contribution < 1.29 is 4.74 Å². The zero-order valence-corrected chi connectivity index (χ0v) is 20.6. The van der Waals surface area contributed by atoms with Gasteiger partial charge in [0.1, 0.15) is 12.4 Å². The van der Waals surface area contributed by atoms with Crippen molar-refractivity contribution in [2.75, 3.05) is 40.8 Å². The summed E-state index contributed by atoms with van der Waals surface area (Å²) in [4.78, 5) is 7.83. The minimum atomic E-state index is 0. The van der Waals surface area contributed by atoms with Crippen molar-refractivity contribution in [2.45, 2.75) is 25.8 Å². The van der Waals surface area contributed by atoms with Crippen LogP contribution >= 0.6 is 35.3 Å². The Bertz CT molecular complexity index is 717. The van der Waals surface area contributed by atoms with E-state index in [0.717, 1.165) is 30.4 Å². The van der Waals surface area contributed by atoms with E-state index in [1.54, 1.807) is 18.4 Å². The van der Waals surface area contributed by atoms with Gasteiger partial charge in [0.05, 0.1) is 0 Å². The molecule has 156 valence electrons. The topological polar surface area (TPSA) is 48.9 Å². The quantitative estimate of drug-likeness (QED) is 0.301. The van der Waals surface area contributed by atoms with Crippen LogP contribution in [0.4, 0.5) is 0 Å². The minimum Gasteiger partial charge on any atom is -0.492 e. The molecule has 7 heteroatoms. The van der Waals surface area contributed by atoms with E-state index in [1.165, 1.54) is 4.88 Å². The van der Waals surface area contributed by atoms with Crippen molar-refractivity contribution in [1.82, 2.24) is 15.5 Å². The lowest BCUT2D eigenvalue weighted by Crippen LogP contribution is -2.43. The summed E-state index contributed by atoms with van der Waals surface area (Å²) < 4.78 is 5.94. The summed E-state index contributed by atoms with van der Waals surface area (Å²) >= 11 is 1.79. The maximum absolute atomic E-state index is 5.94. The van der Waals surface area contributed by atoms with Gasteiger partial charge in [0.2, 0.25) is 0 Å². The Morgan fingerprint density at radius 1 is 1.14 bits per heavy atom. The average Bonchev–Trinajstić information content (AvgIpc) is 3.18. The van der Waals surface area contributed by atoms with Gasteiger partial charge in [-0.2, -0.15) is 0 Å². The maximum Gasteiger partial charge on any atom is 0.191 e. The number of benzene rings is 1. The molecule has 5 nitrogen and oxygen atoms in total. The third kappa shape index (κ3) is 7.97. The molecular weight excluding hydrogens is 483 g/mol. The molecular formula is C21H33IN4OS. The minimum absolute atomic E-state index is 0. The maximum atomic E-state index is 5.94. The predicted molar refractivity (Wildman–Crippen MR) is 131 cm³/mol. The Kier molecular flexibility index (Phi) is 10.8. The number of thiophene rings is 1. The van der Waals surface area contributed by atoms with Crippen LogP contribution in [-0.4, -0.2) is 51.7 Å². The molecule has 1 aromatic heterocycles. The molecule has 1 heterocycles. The number of hydrogen-bond donors (Lipinski definition) is 2. The van der Waals surface area contributed by atoms with E-state index < -0.39 is 0 Å². The number of guanidine groups is 1. The summed E-state index contributed by atoms with van der Waals surface area (Å²) in [7, 11) is 5.89. The molecule has 0 spiro atoms. The standard InChI is InChI=1S/C21H32N4OS.HI/c1-21(2,19-11-8-14-27-19)16-24-20(22-3)23-15-17-9-6-7-10-18(17)26-13-12-25(4)5;/h6-11,14H,12-13,15-16H2,1-5H3,(H2,22,23,24);1H. The number of halogens is 1. The highest BCUT2D eigenvalue weighted by atomic mass is 127. The number of aliphatic imine (C=N–C) groups is 1. The van der Waals surface area contributed by atoms with E-state index in [9.17, 15) is 0 Å². The van der Waals surface area contributed by atoms with Gasteiger partial charge in [0.25, 0.3) is 0 Å². The first kappa shape index (κ1) is 24.7. The van der Waals surface area contributed by atoms with E-state index in [2.05, 4.69) is 58.0 Å². The molecule has 0 saturated carbocycles. The molecule has 0 atom stereocenters. The van der Waals surface area contributed by atoms with Crippen LogP contribution in [-0.2, 0) is 12.0 Å². The van der Waals surface area contributed by atoms with Gasteiger partial charge in [0.15, 0.2) is 5.96 Å². The molecule has 0 fully saturated rings. The van der Waals surface area contributed by atoms with Crippen molar-refractivity contribution in [1.29, 1.82) is 0 Å². The smallest absolute Gasteiger partial charge is 0.191 e. The third-order valence-electron chi connectivity index (χ3n) is 4.32. The number of rotatable bonds is 9. The SMILES string of the molecule is CN=C(NCc1ccccc1OCCN(C)C)NCC(C)(C)c1cccs1.I. The fraction of sp³-hybridized carbons (Fsp3) is 0.476. The third-order valence-corrected chi connectivity index (χ3v) is 5.56. The van der Waals surface area contributed by atoms with E-state index in [4.69, 9.17) is 4.74 Å². The van der Waals surface area contributed by atoms with Crippen molar-refractivity contribution in [3.63, 3.8) is 0 Å². The fourth-order valence-electron chi connectivity index (χ4n) is 2.58. The van der Waals surface area contributed by atoms with Crippen LogP contribution in [0, 0.1) is 0 Å². The van der Waals surface area contributed by atoms with Gasteiger partial charge < -0.3 is 20.3 Å². The first-order valence-corrected chi connectivity index (χ1v) is 10.1. The number of hydrogen-bond acceptors (Lipinski definition) is 4. The summed E-state index contributed by atoms with van der Waals surface area (Å²) in [5.41, 5.74) is 1.18. The summed E-state index contributed by atoms with van der Waals surface area (Å²) in [5.74, 6) is 1.71. The van der Waals surface area contributed by atoms with Crippen molar-refractivity contribution in [3.8, 4) is 5.75 Å². The second-order valence-corrected chi connectivity index (χ2v) is 8.35. The second-order valence-electron chi connectivity index (χ2n) is 7.40. The van der Waals surface area contributed by atoms with Gasteiger partial charge in [-0.05, 0) is 31.6 Å². The van der Waals surface area contributed by atoms with Crippen LogP contribution in [0.25, 0.3) is 0 Å². The van der Waals surface area contributed by atoms with E-state index in [-0.39, 0.29) is 29.4 Å². The molecule has 0 bridgehead atoms. The largest absolute Gasteiger partial charge is 0.492 e. The molecule has 2 rings (SSSR count). The molecule has 0 amide bonds. The molecule has 1 aromatic carbocycles. The molecule has 2 N–H and O–H groups in total. The summed E-state index contributed by atoms with van der Waals surface area (Å²) in [6.45, 7) is 7.53. The zero-order chi connectivity index (χ0) is 19.7. The molecule has 2 aromatic rings. The number of ether oxygens (including phenoxy) is 1. The van der Waals surface area contributed by atoms with Gasteiger partial charge in [-0.15, -0.1) is 35.3 Å². The molecule has 28 heavy (non-hydrogen) atoms. The Morgan fingerprint density at radius 2 is 1.89 bits per heavy atom. The summed E-state index contributed by atoms with van der Waals surface area (Å²) in [5, 5.41) is 8.96. The van der Waals surface area contributed by atoms with Gasteiger partial charge in [-0.3, -0.25) is 4.99 Å². The number of para-hydroxylation sites is 1. The highest BCUT2D eigenvalue weighted by Gasteiger charge is 2.21. The monoisotopic (exact) mass is 516 g/mol. The van der Waals surface area contributed by atoms with Crippen LogP contribution in [0.15, 0.2) is 46.8 Å². The highest BCUT2D eigenvalue weighted by molar-refractivity contribution is 14.0. The Labute approximate surface area is 190 Å². The van der Waals surface area contributed by atoms with Crippen LogP contribution < -0.4 is 15.4 Å². The molecule has 0 aliphatic heterocycles. The molecule has 0 saturated heterocycles. The Morgan fingerprint density at radius 3 is 2.54 bits per heavy atom. The van der Waals surface area contributed by atoms with E-state index in [0.29, 0.717) is 13.2 Å². The lowest BCUT2D eigenvalue weighted by Gasteiger charge is -2.25. The van der Waals surface area contributed by atoms with Crippen LogP contribution in [0.3, 0.4) is 0 Å². The summed E-state index contributed by atoms with van der Waals surface area (Å²) in [6.07, 6.45) is 0. The van der Waals surface area contributed by atoms with Crippen molar-refractivity contribution in [3.05, 3.63) is 52.2 Å². The van der Waals surface area contributed by atoms with Crippen LogP contribution in [0.1, 0.15) is 24.3 Å². The number of likely N-dealkylation sites (N-methyl/N-ethyl adjacent to an activating group) is 1. The Hall–Kier alpha value is -1.32. The van der Waals surface area contributed by atoms with Gasteiger partial charge in [0, 0.05) is 42.5 Å². The summed E-state index contributed by atoms with van der Waals surface area (Å²) in [6, 6.07) is 12.4. The zero-order valence-electron chi connectivity index (χ0n) is 17.5. The van der Waals surface area contributed by atoms with Gasteiger partial charge in [-0.1, -0.05) is 38.1 Å². The molecule has 0 aliphatic carbocycles. The number of nitrogens with zero attached hydrogens (tertiary/aromatic N) is 2. The normalized spacial score (nSPS) is 11.9. The first-order chi connectivity index (χ1) is 12.9. The van der Waals surface area contributed by atoms with Crippen LogP contribution in [0.2, 0.25) is 0 Å². The number of nitrogens with one attached hydrogen (secondary N) is 2. The van der Waals surface area contributed by atoms with Crippen molar-refractivity contribution >= 4 is 41.3 Å². The predicted octanol–water partition coefficient (Wildman–Crippen LogP) is 3.95. The lowest BCUT2D eigenvalue weighted by molar-refractivity contribution is 0.259. The van der Waals surface area contributed by atoms with Gasteiger partial charge in [-0.25, -0.2) is 0 Å². The lowest BCUT2D eigenvalue weighted by atomic mass is 9.91. The fourth-order valence-corrected chi connectivity index (χ4v) is 3.44. The Balaban J connectivity index is 0.00000392. The molecule has 0 radical (unpaired) electrons. The molecule has 0 aliphatic rings. The van der Waals surface area contributed by atoms with Crippen LogP contribution in [0.5, 0.6) is 5.75 Å². The van der Waals surface area contributed by atoms with Crippen molar-refractivity contribution in [2.24, 2.45) is 4.99 Å².